The molecule has 0 fully saturated rings. The zero-order valence-corrected chi connectivity index (χ0v) is 11.8. The summed E-state index contributed by atoms with van der Waals surface area (Å²) in [5.74, 6) is 0.0271. The zero-order valence-electron chi connectivity index (χ0n) is 10.2. The Morgan fingerprint density at radius 1 is 1.53 bits per heavy atom. The van der Waals surface area contributed by atoms with Crippen LogP contribution in [0, 0.1) is 6.92 Å². The van der Waals surface area contributed by atoms with Gasteiger partial charge < -0.3 is 10.4 Å². The van der Waals surface area contributed by atoms with Gasteiger partial charge in [-0.25, -0.2) is 0 Å². The van der Waals surface area contributed by atoms with Crippen molar-refractivity contribution in [3.8, 4) is 5.75 Å². The van der Waals surface area contributed by atoms with Crippen molar-refractivity contribution in [3.63, 3.8) is 0 Å². The van der Waals surface area contributed by atoms with Gasteiger partial charge in [0.2, 0.25) is 0 Å². The van der Waals surface area contributed by atoms with Crippen LogP contribution < -0.4 is 5.32 Å². The number of nitrogens with one attached hydrogen (secondary N) is 1. The summed E-state index contributed by atoms with van der Waals surface area (Å²) in [4.78, 5) is 11.9. The number of hydrogen-bond donors (Lipinski definition) is 2. The quantitative estimate of drug-likeness (QED) is 0.821. The molecule has 0 radical (unpaired) electrons. The van der Waals surface area contributed by atoms with Gasteiger partial charge in [-0.05, 0) is 37.5 Å². The van der Waals surface area contributed by atoms with Crippen molar-refractivity contribution in [3.05, 3.63) is 29.3 Å². The largest absolute Gasteiger partial charge is 0.508 e. The van der Waals surface area contributed by atoms with Crippen LogP contribution in [0.3, 0.4) is 0 Å². The van der Waals surface area contributed by atoms with Crippen molar-refractivity contribution in [2.24, 2.45) is 0 Å². The summed E-state index contributed by atoms with van der Waals surface area (Å²) in [6.45, 7) is 3.84. The van der Waals surface area contributed by atoms with E-state index in [4.69, 9.17) is 0 Å². The topological polar surface area (TPSA) is 49.3 Å². The fraction of sp³-hybridized carbons (Fsp3) is 0.462. The van der Waals surface area contributed by atoms with E-state index < -0.39 is 0 Å². The maximum Gasteiger partial charge on any atom is 0.251 e. The molecule has 1 aromatic rings. The molecule has 94 valence electrons. The van der Waals surface area contributed by atoms with E-state index in [2.05, 4.69) is 21.2 Å². The summed E-state index contributed by atoms with van der Waals surface area (Å²) >= 11 is 3.37. The highest BCUT2D eigenvalue weighted by atomic mass is 79.9. The Kier molecular flexibility index (Phi) is 5.48. The maximum atomic E-state index is 11.9. The van der Waals surface area contributed by atoms with Gasteiger partial charge in [0.05, 0.1) is 0 Å². The van der Waals surface area contributed by atoms with Crippen LogP contribution >= 0.6 is 15.9 Å². The molecule has 3 nitrogen and oxygen atoms in total. The first-order valence-electron chi connectivity index (χ1n) is 5.75. The fourth-order valence-electron chi connectivity index (χ4n) is 1.53. The molecule has 0 aliphatic rings. The molecular formula is C13H18BrNO2. The van der Waals surface area contributed by atoms with Crippen molar-refractivity contribution in [2.75, 3.05) is 5.33 Å². The normalized spacial score (nSPS) is 12.2. The summed E-state index contributed by atoms with van der Waals surface area (Å²) in [7, 11) is 0. The number of rotatable bonds is 5. The van der Waals surface area contributed by atoms with Gasteiger partial charge in [-0.1, -0.05) is 28.9 Å². The third-order valence-electron chi connectivity index (χ3n) is 2.76. The average Bonchev–Trinajstić information content (AvgIpc) is 2.31. The van der Waals surface area contributed by atoms with Gasteiger partial charge in [-0.3, -0.25) is 4.79 Å². The lowest BCUT2D eigenvalue weighted by molar-refractivity contribution is 0.0935. The minimum Gasteiger partial charge on any atom is -0.508 e. The van der Waals surface area contributed by atoms with Crippen molar-refractivity contribution < 1.29 is 9.90 Å². The summed E-state index contributed by atoms with van der Waals surface area (Å²) in [5, 5.41) is 13.4. The van der Waals surface area contributed by atoms with Crippen LogP contribution in [-0.2, 0) is 0 Å². The Morgan fingerprint density at radius 3 is 2.76 bits per heavy atom. The molecule has 1 amide bonds. The highest BCUT2D eigenvalue weighted by molar-refractivity contribution is 9.09. The van der Waals surface area contributed by atoms with Gasteiger partial charge in [0.15, 0.2) is 0 Å². The van der Waals surface area contributed by atoms with E-state index in [1.165, 1.54) is 6.07 Å². The van der Waals surface area contributed by atoms with E-state index in [0.717, 1.165) is 23.7 Å². The van der Waals surface area contributed by atoms with Gasteiger partial charge in [0.25, 0.3) is 5.91 Å². The van der Waals surface area contributed by atoms with Crippen molar-refractivity contribution >= 4 is 21.8 Å². The van der Waals surface area contributed by atoms with Gasteiger partial charge >= 0.3 is 0 Å². The highest BCUT2D eigenvalue weighted by Crippen LogP contribution is 2.17. The molecule has 0 bridgehead atoms. The predicted octanol–water partition coefficient (Wildman–Crippen LogP) is 2.99. The minimum absolute atomic E-state index is 0.131. The number of hydrogen-bond acceptors (Lipinski definition) is 2. The smallest absolute Gasteiger partial charge is 0.251 e. The number of carbonyl (C=O) groups is 1. The molecule has 0 saturated heterocycles. The number of amides is 1. The lowest BCUT2D eigenvalue weighted by atomic mass is 10.1. The van der Waals surface area contributed by atoms with Crippen LogP contribution in [0.15, 0.2) is 18.2 Å². The Hall–Kier alpha value is -1.03. The molecule has 1 atom stereocenters. The molecule has 1 aromatic carbocycles. The predicted molar refractivity (Wildman–Crippen MR) is 72.8 cm³/mol. The monoisotopic (exact) mass is 299 g/mol. The third kappa shape index (κ3) is 4.04. The first-order valence-corrected chi connectivity index (χ1v) is 6.87. The molecule has 0 saturated carbocycles. The SMILES string of the molecule is CCC(CCBr)NC(=O)c1ccc(C)c(O)c1. The van der Waals surface area contributed by atoms with Crippen molar-refractivity contribution in [1.82, 2.24) is 5.32 Å². The Morgan fingerprint density at radius 2 is 2.24 bits per heavy atom. The second kappa shape index (κ2) is 6.64. The van der Waals surface area contributed by atoms with Gasteiger partial charge in [0.1, 0.15) is 5.75 Å². The Labute approximate surface area is 110 Å². The third-order valence-corrected chi connectivity index (χ3v) is 3.21. The van der Waals surface area contributed by atoms with Gasteiger partial charge in [-0.2, -0.15) is 0 Å². The second-order valence-corrected chi connectivity index (χ2v) is 4.85. The summed E-state index contributed by atoms with van der Waals surface area (Å²) in [5.41, 5.74) is 1.27. The van der Waals surface area contributed by atoms with Crippen LogP contribution in [0.1, 0.15) is 35.7 Å². The number of carbonyl (C=O) groups excluding carboxylic acids is 1. The van der Waals surface area contributed by atoms with E-state index in [9.17, 15) is 9.90 Å². The van der Waals surface area contributed by atoms with Crippen molar-refractivity contribution in [2.45, 2.75) is 32.7 Å². The molecule has 0 spiro atoms. The molecule has 0 heterocycles. The lowest BCUT2D eigenvalue weighted by Gasteiger charge is -2.15. The standard InChI is InChI=1S/C13H18BrNO2/c1-3-11(6-7-14)15-13(17)10-5-4-9(2)12(16)8-10/h4-5,8,11,16H,3,6-7H2,1-2H3,(H,15,17). The van der Waals surface area contributed by atoms with Crippen LogP contribution in [0.4, 0.5) is 0 Å². The number of aryl methyl sites for hydroxylation is 1. The van der Waals surface area contributed by atoms with E-state index in [-0.39, 0.29) is 17.7 Å². The number of alkyl halides is 1. The van der Waals surface area contributed by atoms with E-state index in [0.29, 0.717) is 5.56 Å². The summed E-state index contributed by atoms with van der Waals surface area (Å²) < 4.78 is 0. The van der Waals surface area contributed by atoms with Crippen LogP contribution in [-0.4, -0.2) is 22.4 Å². The van der Waals surface area contributed by atoms with Gasteiger partial charge in [0, 0.05) is 16.9 Å². The molecular weight excluding hydrogens is 282 g/mol. The summed E-state index contributed by atoms with van der Waals surface area (Å²) in [6, 6.07) is 5.15. The Bertz CT molecular complexity index is 393. The van der Waals surface area contributed by atoms with Gasteiger partial charge in [-0.15, -0.1) is 0 Å². The average molecular weight is 300 g/mol. The number of halogens is 1. The molecule has 0 aromatic heterocycles. The second-order valence-electron chi connectivity index (χ2n) is 4.06. The van der Waals surface area contributed by atoms with E-state index in [1.54, 1.807) is 19.1 Å². The molecule has 1 unspecified atom stereocenters. The first-order chi connectivity index (χ1) is 8.08. The van der Waals surface area contributed by atoms with Crippen LogP contribution in [0.25, 0.3) is 0 Å². The summed E-state index contributed by atoms with van der Waals surface area (Å²) in [6.07, 6.45) is 1.80. The fourth-order valence-corrected chi connectivity index (χ4v) is 2.08. The lowest BCUT2D eigenvalue weighted by Crippen LogP contribution is -2.34. The maximum absolute atomic E-state index is 11.9. The molecule has 17 heavy (non-hydrogen) atoms. The molecule has 2 N–H and O–H groups in total. The number of aromatic hydroxyl groups is 1. The number of phenolic OH excluding ortho intramolecular Hbond substituents is 1. The number of benzene rings is 1. The molecule has 0 aliphatic heterocycles. The van der Waals surface area contributed by atoms with Crippen molar-refractivity contribution in [1.29, 1.82) is 0 Å². The highest BCUT2D eigenvalue weighted by Gasteiger charge is 2.12. The van der Waals surface area contributed by atoms with Crippen LogP contribution in [0.5, 0.6) is 5.75 Å². The van der Waals surface area contributed by atoms with Crippen LogP contribution in [0.2, 0.25) is 0 Å². The molecule has 1 rings (SSSR count). The van der Waals surface area contributed by atoms with E-state index in [1.807, 2.05) is 6.92 Å². The minimum atomic E-state index is -0.131. The zero-order chi connectivity index (χ0) is 12.8. The first kappa shape index (κ1) is 14.0. The number of phenols is 1. The Balaban J connectivity index is 2.72. The molecule has 4 heteroatoms. The molecule has 0 aliphatic carbocycles. The van der Waals surface area contributed by atoms with E-state index >= 15 is 0 Å².